The van der Waals surface area contributed by atoms with Gasteiger partial charge in [0.25, 0.3) is 5.91 Å². The number of anilines is 1. The van der Waals surface area contributed by atoms with Crippen molar-refractivity contribution in [2.75, 3.05) is 11.9 Å². The Kier molecular flexibility index (Phi) is 5.16. The van der Waals surface area contributed by atoms with Crippen molar-refractivity contribution in [2.24, 2.45) is 0 Å². The number of hydrogen-bond donors (Lipinski definition) is 1. The number of carbonyl (C=O) groups excluding carboxylic acids is 3. The van der Waals surface area contributed by atoms with Gasteiger partial charge in [-0.3, -0.25) is 19.0 Å². The summed E-state index contributed by atoms with van der Waals surface area (Å²) in [7, 11) is 0. The molecule has 0 aliphatic heterocycles. The normalized spacial score (nSPS) is 10.6. The minimum absolute atomic E-state index is 0.0798. The van der Waals surface area contributed by atoms with E-state index in [0.29, 0.717) is 22.4 Å². The van der Waals surface area contributed by atoms with Crippen molar-refractivity contribution >= 4 is 34.4 Å². The summed E-state index contributed by atoms with van der Waals surface area (Å²) < 4.78 is 11.1. The highest BCUT2D eigenvalue weighted by atomic mass is 16.5. The van der Waals surface area contributed by atoms with Crippen LogP contribution in [0.4, 0.5) is 5.69 Å². The van der Waals surface area contributed by atoms with Crippen LogP contribution in [-0.4, -0.2) is 28.8 Å². The van der Waals surface area contributed by atoms with Crippen LogP contribution in [0.25, 0.3) is 11.1 Å². The highest BCUT2D eigenvalue weighted by Crippen LogP contribution is 2.12. The van der Waals surface area contributed by atoms with Crippen LogP contribution in [0, 0.1) is 0 Å². The molecule has 0 bridgehead atoms. The third kappa shape index (κ3) is 4.30. The van der Waals surface area contributed by atoms with Gasteiger partial charge in [-0.1, -0.05) is 12.1 Å². The fourth-order valence-corrected chi connectivity index (χ4v) is 2.47. The summed E-state index contributed by atoms with van der Waals surface area (Å²) >= 11 is 0. The Bertz CT molecular complexity index is 1060. The predicted molar refractivity (Wildman–Crippen MR) is 96.5 cm³/mol. The van der Waals surface area contributed by atoms with Crippen LogP contribution in [-0.2, 0) is 20.9 Å². The zero-order valence-electron chi connectivity index (χ0n) is 14.4. The highest BCUT2D eigenvalue weighted by Gasteiger charge is 2.14. The second-order valence-corrected chi connectivity index (χ2v) is 5.76. The van der Waals surface area contributed by atoms with Crippen LogP contribution >= 0.6 is 0 Å². The van der Waals surface area contributed by atoms with Crippen LogP contribution in [0.1, 0.15) is 17.3 Å². The van der Waals surface area contributed by atoms with Gasteiger partial charge in [-0.05, 0) is 43.3 Å². The lowest BCUT2D eigenvalue weighted by molar-refractivity contribution is -0.147. The molecule has 27 heavy (non-hydrogen) atoms. The molecular weight excluding hydrogens is 352 g/mol. The molecule has 1 N–H and O–H groups in total. The van der Waals surface area contributed by atoms with E-state index in [2.05, 4.69) is 5.32 Å². The predicted octanol–water partition coefficient (Wildman–Crippen LogP) is 1.98. The van der Waals surface area contributed by atoms with Crippen LogP contribution < -0.4 is 11.1 Å². The molecule has 0 radical (unpaired) electrons. The van der Waals surface area contributed by atoms with Gasteiger partial charge in [0.2, 0.25) is 0 Å². The van der Waals surface area contributed by atoms with Crippen molar-refractivity contribution < 1.29 is 23.5 Å². The van der Waals surface area contributed by atoms with E-state index in [1.165, 1.54) is 6.92 Å². The molecular formula is C19H16N2O6. The molecule has 0 unspecified atom stereocenters. The lowest BCUT2D eigenvalue weighted by Crippen LogP contribution is -2.25. The molecule has 2 aromatic carbocycles. The molecule has 3 aromatic rings. The van der Waals surface area contributed by atoms with E-state index in [1.807, 2.05) is 0 Å². The number of ether oxygens (including phenoxy) is 1. The number of nitrogens with one attached hydrogen (secondary N) is 1. The second-order valence-electron chi connectivity index (χ2n) is 5.76. The second kappa shape index (κ2) is 7.69. The number of esters is 1. The van der Waals surface area contributed by atoms with Crippen LogP contribution in [0.15, 0.2) is 57.7 Å². The minimum atomic E-state index is -0.745. The molecule has 1 heterocycles. The number of hydrogen-bond acceptors (Lipinski definition) is 6. The molecule has 0 saturated carbocycles. The van der Waals surface area contributed by atoms with Gasteiger partial charge in [-0.15, -0.1) is 0 Å². The first-order chi connectivity index (χ1) is 12.9. The summed E-state index contributed by atoms with van der Waals surface area (Å²) in [5.41, 5.74) is 1.83. The fraction of sp³-hybridized carbons (Fsp3) is 0.158. The Labute approximate surface area is 153 Å². The van der Waals surface area contributed by atoms with Gasteiger partial charge in [-0.25, -0.2) is 4.79 Å². The zero-order chi connectivity index (χ0) is 19.4. The maximum absolute atomic E-state index is 11.9. The number of rotatable bonds is 6. The van der Waals surface area contributed by atoms with Gasteiger partial charge in [-0.2, -0.15) is 0 Å². The first-order valence-corrected chi connectivity index (χ1v) is 8.09. The number of oxazole rings is 1. The molecule has 8 heteroatoms. The Morgan fingerprint density at radius 3 is 2.48 bits per heavy atom. The molecule has 0 aliphatic carbocycles. The number of benzene rings is 2. The average molecular weight is 368 g/mol. The smallest absolute Gasteiger partial charge is 0.420 e. The van der Waals surface area contributed by atoms with Crippen LogP contribution in [0.5, 0.6) is 0 Å². The topological polar surface area (TPSA) is 108 Å². The molecule has 0 saturated heterocycles. The largest absolute Gasteiger partial charge is 0.454 e. The zero-order valence-corrected chi connectivity index (χ0v) is 14.4. The quantitative estimate of drug-likeness (QED) is 0.526. The number of Topliss-reactive ketones (excluding diaryl/α,β-unsaturated/α-hetero) is 1. The summed E-state index contributed by atoms with van der Waals surface area (Å²) in [4.78, 5) is 46.8. The number of nitrogens with zero attached hydrogens (tertiary/aromatic N) is 1. The Balaban J connectivity index is 1.55. The van der Waals surface area contributed by atoms with Crippen molar-refractivity contribution in [1.29, 1.82) is 0 Å². The summed E-state index contributed by atoms with van der Waals surface area (Å²) in [6, 6.07) is 13.0. The van der Waals surface area contributed by atoms with Crippen molar-refractivity contribution in [3.05, 3.63) is 64.6 Å². The van der Waals surface area contributed by atoms with Crippen molar-refractivity contribution in [3.63, 3.8) is 0 Å². The standard InChI is InChI=1S/C19H16N2O6/c1-12(22)13-6-8-14(9-7-13)20-17(23)11-26-18(24)10-21-15-4-2-3-5-16(15)27-19(21)25/h2-9H,10-11H2,1H3,(H,20,23). The lowest BCUT2D eigenvalue weighted by Gasteiger charge is -2.07. The van der Waals surface area contributed by atoms with E-state index in [1.54, 1.807) is 48.5 Å². The first-order valence-electron chi connectivity index (χ1n) is 8.09. The number of fused-ring (bicyclic) bond motifs is 1. The average Bonchev–Trinajstić information content (AvgIpc) is 2.96. The third-order valence-electron chi connectivity index (χ3n) is 3.80. The fourth-order valence-electron chi connectivity index (χ4n) is 2.47. The van der Waals surface area contributed by atoms with Crippen LogP contribution in [0.3, 0.4) is 0 Å². The van der Waals surface area contributed by atoms with E-state index < -0.39 is 24.2 Å². The molecule has 0 fully saturated rings. The highest BCUT2D eigenvalue weighted by molar-refractivity contribution is 5.96. The van der Waals surface area contributed by atoms with E-state index in [9.17, 15) is 19.2 Å². The van der Waals surface area contributed by atoms with Gasteiger partial charge >= 0.3 is 11.7 Å². The summed E-state index contributed by atoms with van der Waals surface area (Å²) in [5.74, 6) is -2.04. The molecule has 8 nitrogen and oxygen atoms in total. The molecule has 3 rings (SSSR count). The monoisotopic (exact) mass is 368 g/mol. The number of carbonyl (C=O) groups is 3. The maximum Gasteiger partial charge on any atom is 0.420 e. The summed E-state index contributed by atoms with van der Waals surface area (Å²) in [6.07, 6.45) is 0. The van der Waals surface area contributed by atoms with E-state index in [-0.39, 0.29) is 12.3 Å². The van der Waals surface area contributed by atoms with Gasteiger partial charge in [0.15, 0.2) is 18.0 Å². The Hall–Kier alpha value is -3.68. The number of ketones is 1. The minimum Gasteiger partial charge on any atom is -0.454 e. The van der Waals surface area contributed by atoms with Crippen LogP contribution in [0.2, 0.25) is 0 Å². The first kappa shape index (κ1) is 18.1. The van der Waals surface area contributed by atoms with E-state index >= 15 is 0 Å². The molecule has 0 spiro atoms. The number of amides is 1. The van der Waals surface area contributed by atoms with Gasteiger partial charge in [0, 0.05) is 11.3 Å². The molecule has 1 amide bonds. The molecule has 0 atom stereocenters. The molecule has 138 valence electrons. The van der Waals surface area contributed by atoms with Crippen molar-refractivity contribution in [3.8, 4) is 0 Å². The lowest BCUT2D eigenvalue weighted by atomic mass is 10.1. The SMILES string of the molecule is CC(=O)c1ccc(NC(=O)COC(=O)Cn2c(=O)oc3ccccc32)cc1. The van der Waals surface area contributed by atoms with Crippen molar-refractivity contribution in [2.45, 2.75) is 13.5 Å². The van der Waals surface area contributed by atoms with E-state index in [4.69, 9.17) is 9.15 Å². The van der Waals surface area contributed by atoms with Gasteiger partial charge < -0.3 is 14.5 Å². The molecule has 1 aromatic heterocycles. The third-order valence-corrected chi connectivity index (χ3v) is 3.80. The summed E-state index contributed by atoms with van der Waals surface area (Å²) in [6.45, 7) is 0.579. The Morgan fingerprint density at radius 1 is 1.07 bits per heavy atom. The Morgan fingerprint density at radius 2 is 1.78 bits per heavy atom. The van der Waals surface area contributed by atoms with Crippen molar-refractivity contribution in [1.82, 2.24) is 4.57 Å². The number of para-hydroxylation sites is 2. The number of aromatic nitrogens is 1. The molecule has 0 aliphatic rings. The van der Waals surface area contributed by atoms with Gasteiger partial charge in [0.1, 0.15) is 6.54 Å². The van der Waals surface area contributed by atoms with Gasteiger partial charge in [0.05, 0.1) is 5.52 Å². The maximum atomic E-state index is 11.9. The summed E-state index contributed by atoms with van der Waals surface area (Å²) in [5, 5.41) is 2.55. The van der Waals surface area contributed by atoms with E-state index in [0.717, 1.165) is 4.57 Å².